The van der Waals surface area contributed by atoms with Crippen molar-refractivity contribution in [3.05, 3.63) is 189 Å². The van der Waals surface area contributed by atoms with Crippen molar-refractivity contribution in [2.75, 3.05) is 0 Å². The van der Waals surface area contributed by atoms with Gasteiger partial charge in [0.05, 0.1) is 61.0 Å². The number of aromatic amines is 2. The van der Waals surface area contributed by atoms with Crippen LogP contribution >= 0.6 is 11.8 Å². The third kappa shape index (κ3) is 17.8. The second-order valence-corrected chi connectivity index (χ2v) is 27.8. The molecule has 6 heterocycles. The van der Waals surface area contributed by atoms with Gasteiger partial charge in [-0.1, -0.05) is 34.2 Å². The highest BCUT2D eigenvalue weighted by Crippen LogP contribution is 2.32. The molecule has 12 aromatic rings. The number of rotatable bonds is 24. The van der Waals surface area contributed by atoms with E-state index in [4.69, 9.17) is 28.5 Å². The number of carbonyl (C=O) groups is 2. The lowest BCUT2D eigenvalue weighted by atomic mass is 10.1. The summed E-state index contributed by atoms with van der Waals surface area (Å²) in [5.74, 6) is -0.427. The van der Waals surface area contributed by atoms with Gasteiger partial charge in [-0.25, -0.2) is 37.1 Å². The SMILES string of the molecule is CC(C)(C)OC(=O)CCCCc1nc2cc(-c3cc(CS(=O)(=O)c4nc5ccc(OC(F)F)cc5[nH]4)on3)ccc2c(=O)n1-c1ccc(F)cc1.CC(C)(C)OC(=O)CCCCc1nc2cc(-c3cc(CSc4nc5ccc(OC(F)F)cc5[nH]4)on3)ccc2c(=O)n1-c1ccc(F)cc1. The molecule has 0 bridgehead atoms. The maximum absolute atomic E-state index is 13.8. The molecule has 0 saturated carbocycles. The Balaban J connectivity index is 0.000000202. The summed E-state index contributed by atoms with van der Waals surface area (Å²) in [4.78, 5) is 75.9. The summed E-state index contributed by atoms with van der Waals surface area (Å²) in [6, 6.07) is 32.7. The first-order chi connectivity index (χ1) is 47.6. The van der Waals surface area contributed by atoms with Crippen LogP contribution in [0.15, 0.2) is 162 Å². The zero-order valence-corrected chi connectivity index (χ0v) is 56.1. The number of hydrogen-bond donors (Lipinski definition) is 2. The van der Waals surface area contributed by atoms with E-state index < -0.39 is 56.8 Å². The van der Waals surface area contributed by atoms with Crippen LogP contribution in [0.3, 0.4) is 0 Å². The first-order valence-corrected chi connectivity index (χ1v) is 33.9. The van der Waals surface area contributed by atoms with Gasteiger partial charge in [-0.3, -0.25) is 28.3 Å². The average molecular weight is 1420 g/mol. The van der Waals surface area contributed by atoms with Crippen LogP contribution < -0.4 is 20.6 Å². The summed E-state index contributed by atoms with van der Waals surface area (Å²) >= 11 is 1.35. The number of fused-ring (bicyclic) bond motifs is 4. The van der Waals surface area contributed by atoms with Crippen LogP contribution in [0.4, 0.5) is 26.3 Å². The van der Waals surface area contributed by atoms with Gasteiger partial charge in [-0.05, 0) is 164 Å². The lowest BCUT2D eigenvalue weighted by molar-refractivity contribution is -0.156. The molecule has 2 N–H and O–H groups in total. The molecule has 0 radical (unpaired) electrons. The number of hydrogen-bond acceptors (Lipinski definition) is 19. The predicted octanol–water partition coefficient (Wildman–Crippen LogP) is 14.7. The molecule has 22 nitrogen and oxygen atoms in total. The van der Waals surface area contributed by atoms with Crippen LogP contribution in [0, 0.1) is 11.6 Å². The number of ether oxygens (including phenoxy) is 4. The summed E-state index contributed by atoms with van der Waals surface area (Å²) in [6.07, 6.45) is 3.23. The second-order valence-electron chi connectivity index (χ2n) is 24.9. The van der Waals surface area contributed by atoms with Crippen molar-refractivity contribution in [2.45, 2.75) is 139 Å². The van der Waals surface area contributed by atoms with Crippen molar-refractivity contribution >= 4 is 77.4 Å². The number of esters is 2. The number of benzene rings is 6. The third-order valence-corrected chi connectivity index (χ3v) is 17.3. The Morgan fingerprint density at radius 1 is 0.540 bits per heavy atom. The number of H-pyrrole nitrogens is 2. The Hall–Kier alpha value is -10.6. The topological polar surface area (TPSA) is 284 Å². The van der Waals surface area contributed by atoms with Gasteiger partial charge in [0, 0.05) is 61.1 Å². The van der Waals surface area contributed by atoms with Gasteiger partial charge in [0.1, 0.15) is 68.9 Å². The minimum absolute atomic E-state index is 0.00219. The quantitative estimate of drug-likeness (QED) is 0.0246. The Morgan fingerprint density at radius 3 is 1.46 bits per heavy atom. The molecule has 0 amide bonds. The van der Waals surface area contributed by atoms with E-state index in [1.807, 2.05) is 20.8 Å². The molecule has 0 atom stereocenters. The Labute approximate surface area is 570 Å². The van der Waals surface area contributed by atoms with E-state index in [0.29, 0.717) is 122 Å². The Bertz CT molecular complexity index is 5220. The molecule has 30 heteroatoms. The van der Waals surface area contributed by atoms with Crippen molar-refractivity contribution < 1.29 is 72.3 Å². The number of imidazole rings is 2. The van der Waals surface area contributed by atoms with Crippen molar-refractivity contribution in [1.82, 2.24) is 49.4 Å². The number of thioether (sulfide) groups is 1. The number of carbonyl (C=O) groups excluding carboxylic acids is 2. The molecular weight excluding hydrogens is 1350 g/mol. The molecule has 520 valence electrons. The Kier molecular flexibility index (Phi) is 21.1. The fourth-order valence-electron chi connectivity index (χ4n) is 10.6. The summed E-state index contributed by atoms with van der Waals surface area (Å²) in [6.45, 7) is 4.86. The molecule has 0 aliphatic carbocycles. The molecule has 0 saturated heterocycles. The Morgan fingerprint density at radius 2 is 0.990 bits per heavy atom. The number of halogens is 6. The van der Waals surface area contributed by atoms with Crippen LogP contribution in [0.5, 0.6) is 11.5 Å². The molecule has 100 heavy (non-hydrogen) atoms. The number of alkyl halides is 4. The summed E-state index contributed by atoms with van der Waals surface area (Å²) in [5.41, 5.74) is 3.43. The highest BCUT2D eigenvalue weighted by atomic mass is 32.2. The van der Waals surface area contributed by atoms with Gasteiger partial charge in [-0.2, -0.15) is 17.6 Å². The van der Waals surface area contributed by atoms with Crippen LogP contribution in [0.25, 0.3) is 77.8 Å². The lowest BCUT2D eigenvalue weighted by Crippen LogP contribution is -2.24. The number of unbranched alkanes of at least 4 members (excludes halogenated alkanes) is 2. The smallest absolute Gasteiger partial charge is 0.387 e. The van der Waals surface area contributed by atoms with Gasteiger partial charge >= 0.3 is 25.2 Å². The second kappa shape index (κ2) is 29.8. The van der Waals surface area contributed by atoms with Crippen LogP contribution in [-0.2, 0) is 53.2 Å². The summed E-state index contributed by atoms with van der Waals surface area (Å²) in [7, 11) is -4.08. The predicted molar refractivity (Wildman–Crippen MR) is 358 cm³/mol. The maximum atomic E-state index is 13.8. The zero-order chi connectivity index (χ0) is 71.2. The van der Waals surface area contributed by atoms with E-state index in [1.165, 1.54) is 106 Å². The largest absolute Gasteiger partial charge is 0.460 e. The van der Waals surface area contributed by atoms with E-state index in [2.05, 4.69) is 39.7 Å². The number of aryl methyl sites for hydroxylation is 2. The fraction of sp³-hybridized carbons (Fsp3) is 0.286. The summed E-state index contributed by atoms with van der Waals surface area (Å²) < 4.78 is 138. The van der Waals surface area contributed by atoms with Crippen molar-refractivity contribution in [2.24, 2.45) is 0 Å². The molecule has 6 aromatic heterocycles. The molecular formula is C70H64F6N10O12S2. The van der Waals surface area contributed by atoms with Gasteiger partial charge in [0.2, 0.25) is 15.0 Å². The lowest BCUT2D eigenvalue weighted by Gasteiger charge is -2.19. The monoisotopic (exact) mass is 1410 g/mol. The van der Waals surface area contributed by atoms with Crippen molar-refractivity contribution in [3.8, 4) is 45.4 Å². The fourth-order valence-corrected chi connectivity index (χ4v) is 12.6. The van der Waals surface area contributed by atoms with E-state index in [0.717, 1.165) is 0 Å². The first-order valence-electron chi connectivity index (χ1n) is 31.3. The van der Waals surface area contributed by atoms with E-state index in [9.17, 15) is 53.9 Å². The highest BCUT2D eigenvalue weighted by molar-refractivity contribution is 7.98. The van der Waals surface area contributed by atoms with Gasteiger partial charge in [0.15, 0.2) is 10.9 Å². The number of sulfone groups is 1. The van der Waals surface area contributed by atoms with Gasteiger partial charge < -0.3 is 38.0 Å². The molecule has 0 aliphatic heterocycles. The summed E-state index contributed by atoms with van der Waals surface area (Å²) in [5, 5.41) is 9.06. The minimum atomic E-state index is -4.08. The molecule has 0 unspecified atom stereocenters. The molecule has 0 fully saturated rings. The van der Waals surface area contributed by atoms with Crippen LogP contribution in [-0.4, -0.2) is 94.1 Å². The molecule has 6 aromatic carbocycles. The van der Waals surface area contributed by atoms with Crippen LogP contribution in [0.1, 0.15) is 103 Å². The van der Waals surface area contributed by atoms with Crippen LogP contribution in [0.2, 0.25) is 0 Å². The standard InChI is InChI=1S/C35H32F3N5O7S.C35H32F3N5O5S/c1-35(2,3)49-31(44)7-5-4-6-30-39-28-16-20(8-14-25(28)32(45)43(30)22-11-9-21(36)10-12-22)27-18-24(50-42-27)19-51(46,47)34-40-26-15-13-23(48-33(37)38)17-29(26)41-34;1-35(2,3)47-31(44)7-5-4-6-30-39-28-16-20(8-14-25(28)32(45)43(30)22-11-9-21(36)10-12-22)27-18-24(48-42-27)19-49-34-40-26-15-13-23(46-33(37)38)17-29(26)41-34/h8-18,33H,4-7,19H2,1-3H3,(H,40,41);8-18,33H,4-7,19H2,1-3H3,(H,40,41). The van der Waals surface area contributed by atoms with Crippen molar-refractivity contribution in [1.29, 1.82) is 0 Å². The normalized spacial score (nSPS) is 12.1. The number of aromatic nitrogens is 10. The van der Waals surface area contributed by atoms with Gasteiger partial charge in [-0.15, -0.1) is 0 Å². The molecule has 0 aliphatic rings. The van der Waals surface area contributed by atoms with Crippen molar-refractivity contribution in [3.63, 3.8) is 0 Å². The van der Waals surface area contributed by atoms with E-state index in [1.54, 1.807) is 69.3 Å². The third-order valence-electron chi connectivity index (χ3n) is 15.0. The van der Waals surface area contributed by atoms with E-state index >= 15 is 0 Å². The number of nitrogens with zero attached hydrogens (tertiary/aromatic N) is 8. The zero-order valence-electron chi connectivity index (χ0n) is 54.5. The highest BCUT2D eigenvalue weighted by Gasteiger charge is 2.26. The average Bonchev–Trinajstić information content (AvgIpc) is 1.05. The molecule has 12 rings (SSSR count). The molecule has 0 spiro atoms. The maximum Gasteiger partial charge on any atom is 0.387 e. The van der Waals surface area contributed by atoms with E-state index in [-0.39, 0.29) is 75.3 Å². The number of nitrogens with one attached hydrogen (secondary N) is 2. The van der Waals surface area contributed by atoms with Gasteiger partial charge in [0.25, 0.3) is 11.1 Å². The first kappa shape index (κ1) is 70.7. The minimum Gasteiger partial charge on any atom is -0.460 e.